The Labute approximate surface area is 105 Å². The normalized spacial score (nSPS) is 16.7. The Bertz CT molecular complexity index is 433. The van der Waals surface area contributed by atoms with Crippen LogP contribution >= 0.6 is 0 Å². The monoisotopic (exact) mass is 253 g/mol. The van der Waals surface area contributed by atoms with Crippen molar-refractivity contribution in [3.63, 3.8) is 0 Å². The maximum atomic E-state index is 13.5. The fraction of sp³-hybridized carbons (Fsp3) is 0.500. The smallest absolute Gasteiger partial charge is 0.269 e. The van der Waals surface area contributed by atoms with Gasteiger partial charge in [0.2, 0.25) is 0 Å². The first kappa shape index (κ1) is 12.9. The van der Waals surface area contributed by atoms with Gasteiger partial charge in [-0.3, -0.25) is 10.1 Å². The minimum Gasteiger partial charge on any atom is -0.317 e. The highest BCUT2D eigenvalue weighted by molar-refractivity contribution is 5.35. The molecule has 0 bridgehead atoms. The molecule has 18 heavy (non-hydrogen) atoms. The molecule has 0 saturated carbocycles. The maximum Gasteiger partial charge on any atom is 0.269 e. The molecular formula is C12H16FN3O2. The van der Waals surface area contributed by atoms with Gasteiger partial charge in [-0.05, 0) is 32.0 Å². The molecule has 0 unspecified atom stereocenters. The van der Waals surface area contributed by atoms with Crippen LogP contribution in [0.3, 0.4) is 0 Å². The van der Waals surface area contributed by atoms with E-state index in [2.05, 4.69) is 10.6 Å². The highest BCUT2D eigenvalue weighted by Crippen LogP contribution is 2.17. The molecule has 0 aliphatic carbocycles. The van der Waals surface area contributed by atoms with Crippen molar-refractivity contribution in [2.24, 2.45) is 0 Å². The van der Waals surface area contributed by atoms with Crippen LogP contribution in [0.25, 0.3) is 0 Å². The lowest BCUT2D eigenvalue weighted by molar-refractivity contribution is -0.385. The summed E-state index contributed by atoms with van der Waals surface area (Å²) in [7, 11) is 0. The maximum absolute atomic E-state index is 13.5. The quantitative estimate of drug-likeness (QED) is 0.631. The highest BCUT2D eigenvalue weighted by atomic mass is 19.1. The van der Waals surface area contributed by atoms with Crippen molar-refractivity contribution in [1.82, 2.24) is 10.6 Å². The third kappa shape index (κ3) is 3.24. The van der Waals surface area contributed by atoms with Crippen LogP contribution in [0.1, 0.15) is 18.4 Å². The Hall–Kier alpha value is -1.53. The molecule has 0 radical (unpaired) electrons. The Morgan fingerprint density at radius 2 is 2.17 bits per heavy atom. The number of rotatable bonds is 4. The topological polar surface area (TPSA) is 67.2 Å². The molecule has 1 aliphatic heterocycles. The second-order valence-electron chi connectivity index (χ2n) is 4.44. The van der Waals surface area contributed by atoms with Crippen LogP contribution in [0.15, 0.2) is 18.2 Å². The van der Waals surface area contributed by atoms with Gasteiger partial charge in [0.1, 0.15) is 5.82 Å². The number of hydrogen-bond donors (Lipinski definition) is 2. The third-order valence-corrected chi connectivity index (χ3v) is 3.16. The van der Waals surface area contributed by atoms with Gasteiger partial charge in [-0.15, -0.1) is 0 Å². The summed E-state index contributed by atoms with van der Waals surface area (Å²) in [6.45, 7) is 2.24. The van der Waals surface area contributed by atoms with E-state index in [1.807, 2.05) is 0 Å². The Morgan fingerprint density at radius 1 is 1.44 bits per heavy atom. The lowest BCUT2D eigenvalue weighted by atomic mass is 10.1. The summed E-state index contributed by atoms with van der Waals surface area (Å²) in [5.74, 6) is -0.401. The molecule has 6 heteroatoms. The van der Waals surface area contributed by atoms with Crippen molar-refractivity contribution in [2.75, 3.05) is 13.1 Å². The van der Waals surface area contributed by atoms with Crippen molar-refractivity contribution in [2.45, 2.75) is 25.4 Å². The minimum atomic E-state index is -0.506. The van der Waals surface area contributed by atoms with Crippen molar-refractivity contribution in [3.05, 3.63) is 39.7 Å². The van der Waals surface area contributed by atoms with Crippen molar-refractivity contribution < 1.29 is 9.31 Å². The van der Waals surface area contributed by atoms with Crippen LogP contribution in [0, 0.1) is 15.9 Å². The first-order chi connectivity index (χ1) is 8.66. The van der Waals surface area contributed by atoms with E-state index in [1.165, 1.54) is 12.1 Å². The summed E-state index contributed by atoms with van der Waals surface area (Å²) in [5.41, 5.74) is 0.279. The van der Waals surface area contributed by atoms with Gasteiger partial charge < -0.3 is 10.6 Å². The number of nitro groups is 1. The van der Waals surface area contributed by atoms with E-state index in [4.69, 9.17) is 0 Å². The number of hydrogen-bond acceptors (Lipinski definition) is 4. The second kappa shape index (κ2) is 5.88. The van der Waals surface area contributed by atoms with Gasteiger partial charge >= 0.3 is 0 Å². The highest BCUT2D eigenvalue weighted by Gasteiger charge is 2.15. The number of nitrogens with one attached hydrogen (secondary N) is 2. The zero-order chi connectivity index (χ0) is 13.0. The summed E-state index contributed by atoms with van der Waals surface area (Å²) >= 11 is 0. The van der Waals surface area contributed by atoms with Gasteiger partial charge in [-0.2, -0.15) is 0 Å². The van der Waals surface area contributed by atoms with Gasteiger partial charge in [0.25, 0.3) is 5.69 Å². The standard InChI is InChI=1S/C12H16FN3O2/c13-12-2-1-11(16(17)18)7-9(12)8-15-10-3-5-14-6-4-10/h1-2,7,10,14-15H,3-6,8H2. The minimum absolute atomic E-state index is 0.0708. The van der Waals surface area contributed by atoms with Gasteiger partial charge in [-0.1, -0.05) is 0 Å². The Morgan fingerprint density at radius 3 is 2.83 bits per heavy atom. The van der Waals surface area contributed by atoms with Gasteiger partial charge in [-0.25, -0.2) is 4.39 Å². The van der Waals surface area contributed by atoms with E-state index in [-0.39, 0.29) is 5.69 Å². The molecule has 1 fully saturated rings. The first-order valence-electron chi connectivity index (χ1n) is 6.04. The molecule has 1 heterocycles. The van der Waals surface area contributed by atoms with E-state index in [0.29, 0.717) is 18.2 Å². The molecule has 2 rings (SSSR count). The van der Waals surface area contributed by atoms with Crippen LogP contribution in [-0.2, 0) is 6.54 Å². The SMILES string of the molecule is O=[N+]([O-])c1ccc(F)c(CNC2CCNCC2)c1. The number of non-ortho nitro benzene ring substituents is 1. The molecule has 0 spiro atoms. The van der Waals surface area contributed by atoms with E-state index in [1.54, 1.807) is 0 Å². The lowest BCUT2D eigenvalue weighted by Crippen LogP contribution is -2.39. The largest absolute Gasteiger partial charge is 0.317 e. The van der Waals surface area contributed by atoms with Crippen LogP contribution in [0.4, 0.5) is 10.1 Å². The van der Waals surface area contributed by atoms with E-state index in [0.717, 1.165) is 32.0 Å². The molecule has 0 amide bonds. The molecular weight excluding hydrogens is 237 g/mol. The van der Waals surface area contributed by atoms with Crippen LogP contribution in [-0.4, -0.2) is 24.1 Å². The number of piperidine rings is 1. The van der Waals surface area contributed by atoms with Gasteiger partial charge in [0.15, 0.2) is 0 Å². The van der Waals surface area contributed by atoms with Gasteiger partial charge in [0.05, 0.1) is 4.92 Å². The number of benzene rings is 1. The zero-order valence-electron chi connectivity index (χ0n) is 9.99. The summed E-state index contributed by atoms with van der Waals surface area (Å²) in [4.78, 5) is 10.1. The molecule has 5 nitrogen and oxygen atoms in total. The molecule has 1 aliphatic rings. The molecule has 1 saturated heterocycles. The van der Waals surface area contributed by atoms with E-state index < -0.39 is 10.7 Å². The summed E-state index contributed by atoms with van der Waals surface area (Å²) in [6.07, 6.45) is 1.99. The zero-order valence-corrected chi connectivity index (χ0v) is 9.99. The molecule has 0 atom stereocenters. The third-order valence-electron chi connectivity index (χ3n) is 3.16. The molecule has 1 aromatic carbocycles. The Kier molecular flexibility index (Phi) is 4.22. The fourth-order valence-electron chi connectivity index (χ4n) is 2.09. The van der Waals surface area contributed by atoms with Crippen molar-refractivity contribution in [1.29, 1.82) is 0 Å². The summed E-state index contributed by atoms with van der Waals surface area (Å²) in [5, 5.41) is 17.1. The molecule has 1 aromatic rings. The van der Waals surface area contributed by atoms with Crippen LogP contribution < -0.4 is 10.6 Å². The summed E-state index contributed by atoms with van der Waals surface area (Å²) < 4.78 is 13.5. The summed E-state index contributed by atoms with van der Waals surface area (Å²) in [6, 6.07) is 3.98. The number of nitrogens with zero attached hydrogens (tertiary/aromatic N) is 1. The fourth-order valence-corrected chi connectivity index (χ4v) is 2.09. The average molecular weight is 253 g/mol. The first-order valence-corrected chi connectivity index (χ1v) is 6.04. The second-order valence-corrected chi connectivity index (χ2v) is 4.44. The van der Waals surface area contributed by atoms with Crippen molar-refractivity contribution in [3.8, 4) is 0 Å². The predicted molar refractivity (Wildman–Crippen MR) is 65.8 cm³/mol. The van der Waals surface area contributed by atoms with E-state index >= 15 is 0 Å². The predicted octanol–water partition coefficient (Wildman–Crippen LogP) is 1.58. The Balaban J connectivity index is 1.99. The van der Waals surface area contributed by atoms with Gasteiger partial charge in [0, 0.05) is 30.3 Å². The number of halogens is 1. The van der Waals surface area contributed by atoms with E-state index in [9.17, 15) is 14.5 Å². The molecule has 98 valence electrons. The lowest BCUT2D eigenvalue weighted by Gasteiger charge is -2.23. The van der Waals surface area contributed by atoms with Crippen LogP contribution in [0.5, 0.6) is 0 Å². The van der Waals surface area contributed by atoms with Crippen LogP contribution in [0.2, 0.25) is 0 Å². The average Bonchev–Trinajstić information content (AvgIpc) is 2.38. The molecule has 0 aromatic heterocycles. The molecule has 2 N–H and O–H groups in total. The number of nitro benzene ring substituents is 1. The van der Waals surface area contributed by atoms with Crippen molar-refractivity contribution >= 4 is 5.69 Å².